The van der Waals surface area contributed by atoms with Gasteiger partial charge < -0.3 is 4.74 Å². The molecule has 1 unspecified atom stereocenters. The van der Waals surface area contributed by atoms with Gasteiger partial charge in [-0.15, -0.1) is 11.3 Å². The van der Waals surface area contributed by atoms with Crippen molar-refractivity contribution in [2.75, 3.05) is 12.9 Å². The van der Waals surface area contributed by atoms with Crippen molar-refractivity contribution in [1.29, 1.82) is 0 Å². The fourth-order valence-corrected chi connectivity index (χ4v) is 2.80. The first kappa shape index (κ1) is 11.8. The molecule has 0 N–H and O–H groups in total. The van der Waals surface area contributed by atoms with E-state index in [-0.39, 0.29) is 11.9 Å². The molecule has 0 aromatic carbocycles. The van der Waals surface area contributed by atoms with Gasteiger partial charge in [-0.05, 0) is 0 Å². The van der Waals surface area contributed by atoms with Gasteiger partial charge in [0.2, 0.25) is 0 Å². The number of ether oxygens (including phenoxy) is 1. The molecule has 0 amide bonds. The molecular weight excluding hydrogens is 242 g/mol. The van der Waals surface area contributed by atoms with Gasteiger partial charge in [0.05, 0.1) is 13.0 Å². The highest BCUT2D eigenvalue weighted by atomic mass is 35.5. The van der Waals surface area contributed by atoms with Gasteiger partial charge in [0.25, 0.3) is 0 Å². The predicted octanol–water partition coefficient (Wildman–Crippen LogP) is 2.70. The lowest BCUT2D eigenvalue weighted by Crippen LogP contribution is -2.14. The Kier molecular flexibility index (Phi) is 4.71. The second-order valence-corrected chi connectivity index (χ2v) is 5.18. The van der Waals surface area contributed by atoms with E-state index in [1.807, 2.05) is 6.92 Å². The zero-order valence-electron chi connectivity index (χ0n) is 7.82. The molecule has 0 aliphatic carbocycles. The molecule has 0 fully saturated rings. The number of thioether (sulfide) groups is 1. The molecule has 0 radical (unpaired) electrons. The topological polar surface area (TPSA) is 39.2 Å². The maximum Gasteiger partial charge on any atom is 0.309 e. The molecule has 0 aliphatic rings. The van der Waals surface area contributed by atoms with Crippen LogP contribution in [0.5, 0.6) is 0 Å². The summed E-state index contributed by atoms with van der Waals surface area (Å²) in [5, 5.41) is 2.27. The Hall–Kier alpha value is -0.260. The monoisotopic (exact) mass is 251 g/mol. The van der Waals surface area contributed by atoms with Gasteiger partial charge >= 0.3 is 5.97 Å². The fraction of sp³-hybridized carbons (Fsp3) is 0.500. The lowest BCUT2D eigenvalue weighted by molar-refractivity contribution is -0.143. The highest BCUT2D eigenvalue weighted by molar-refractivity contribution is 8.01. The van der Waals surface area contributed by atoms with Gasteiger partial charge in [0.15, 0.2) is 4.34 Å². The molecule has 1 aromatic rings. The largest absolute Gasteiger partial charge is 0.469 e. The van der Waals surface area contributed by atoms with E-state index in [4.69, 9.17) is 11.6 Å². The van der Waals surface area contributed by atoms with E-state index in [9.17, 15) is 4.79 Å². The van der Waals surface area contributed by atoms with Crippen molar-refractivity contribution in [3.63, 3.8) is 0 Å². The number of thiazole rings is 1. The van der Waals surface area contributed by atoms with Gasteiger partial charge in [-0.2, -0.15) is 0 Å². The van der Waals surface area contributed by atoms with Crippen LogP contribution in [0, 0.1) is 5.92 Å². The summed E-state index contributed by atoms with van der Waals surface area (Å²) in [5.41, 5.74) is 0. The summed E-state index contributed by atoms with van der Waals surface area (Å²) in [4.78, 5) is 15.1. The Balaban J connectivity index is 2.37. The Morgan fingerprint density at radius 1 is 1.86 bits per heavy atom. The van der Waals surface area contributed by atoms with Crippen molar-refractivity contribution >= 4 is 40.7 Å². The zero-order chi connectivity index (χ0) is 10.6. The molecule has 1 rings (SSSR count). The molecule has 1 heterocycles. The van der Waals surface area contributed by atoms with Gasteiger partial charge in [0.1, 0.15) is 5.15 Å². The van der Waals surface area contributed by atoms with Crippen molar-refractivity contribution < 1.29 is 9.53 Å². The van der Waals surface area contributed by atoms with Gasteiger partial charge in [-0.3, -0.25) is 4.79 Å². The molecule has 0 saturated heterocycles. The Morgan fingerprint density at radius 2 is 2.57 bits per heavy atom. The number of esters is 1. The van der Waals surface area contributed by atoms with E-state index in [1.165, 1.54) is 30.2 Å². The van der Waals surface area contributed by atoms with E-state index in [1.54, 1.807) is 5.38 Å². The van der Waals surface area contributed by atoms with Crippen LogP contribution in [0.25, 0.3) is 0 Å². The number of carbonyl (C=O) groups is 1. The normalized spacial score (nSPS) is 12.5. The standard InChI is InChI=1S/C8H10ClNO2S2/c1-5(7(11)12-2)3-13-8-10-6(9)4-14-8/h4-5H,3H2,1-2H3. The number of rotatable bonds is 4. The van der Waals surface area contributed by atoms with Crippen LogP contribution in [0.4, 0.5) is 0 Å². The smallest absolute Gasteiger partial charge is 0.309 e. The van der Waals surface area contributed by atoms with Crippen molar-refractivity contribution in [1.82, 2.24) is 4.98 Å². The third-order valence-electron chi connectivity index (χ3n) is 1.52. The average molecular weight is 252 g/mol. The lowest BCUT2D eigenvalue weighted by Gasteiger charge is -2.06. The Labute approximate surface area is 95.8 Å². The van der Waals surface area contributed by atoms with Crippen LogP contribution < -0.4 is 0 Å². The van der Waals surface area contributed by atoms with Crippen LogP contribution in [0.3, 0.4) is 0 Å². The summed E-state index contributed by atoms with van der Waals surface area (Å²) in [7, 11) is 1.39. The molecule has 1 atom stereocenters. The van der Waals surface area contributed by atoms with Crippen LogP contribution in [0.15, 0.2) is 9.72 Å². The van der Waals surface area contributed by atoms with Crippen molar-refractivity contribution in [2.45, 2.75) is 11.3 Å². The molecule has 0 aliphatic heterocycles. The van der Waals surface area contributed by atoms with Gasteiger partial charge in [-0.1, -0.05) is 30.3 Å². The van der Waals surface area contributed by atoms with Crippen molar-refractivity contribution in [3.05, 3.63) is 10.5 Å². The maximum absolute atomic E-state index is 11.1. The van der Waals surface area contributed by atoms with Crippen molar-refractivity contribution in [2.24, 2.45) is 5.92 Å². The molecule has 14 heavy (non-hydrogen) atoms. The van der Waals surface area contributed by atoms with Gasteiger partial charge in [0, 0.05) is 11.1 Å². The first-order chi connectivity index (χ1) is 6.63. The van der Waals surface area contributed by atoms with E-state index in [0.717, 1.165) is 4.34 Å². The minimum atomic E-state index is -0.194. The van der Waals surface area contributed by atoms with Crippen molar-refractivity contribution in [3.8, 4) is 0 Å². The summed E-state index contributed by atoms with van der Waals surface area (Å²) in [6.45, 7) is 1.83. The minimum Gasteiger partial charge on any atom is -0.469 e. The summed E-state index contributed by atoms with van der Waals surface area (Å²) in [6, 6.07) is 0. The molecule has 78 valence electrons. The molecule has 3 nitrogen and oxygen atoms in total. The average Bonchev–Trinajstić information content (AvgIpc) is 2.59. The highest BCUT2D eigenvalue weighted by Crippen LogP contribution is 2.26. The number of hydrogen-bond acceptors (Lipinski definition) is 5. The van der Waals surface area contributed by atoms with Crippen LogP contribution >= 0.6 is 34.7 Å². The fourth-order valence-electron chi connectivity index (χ4n) is 0.771. The number of carbonyl (C=O) groups excluding carboxylic acids is 1. The number of halogens is 1. The summed E-state index contributed by atoms with van der Waals surface area (Å²) in [6.07, 6.45) is 0. The molecule has 0 saturated carbocycles. The van der Waals surface area contributed by atoms with E-state index >= 15 is 0 Å². The van der Waals surface area contributed by atoms with Crippen LogP contribution in [-0.4, -0.2) is 23.8 Å². The van der Waals surface area contributed by atoms with E-state index < -0.39 is 0 Å². The second-order valence-electron chi connectivity index (χ2n) is 2.67. The maximum atomic E-state index is 11.1. The predicted molar refractivity (Wildman–Crippen MR) is 59.0 cm³/mol. The number of hydrogen-bond donors (Lipinski definition) is 0. The molecular formula is C8H10ClNO2S2. The lowest BCUT2D eigenvalue weighted by atomic mass is 10.2. The molecule has 6 heteroatoms. The summed E-state index contributed by atoms with van der Waals surface area (Å²) >= 11 is 8.65. The number of aromatic nitrogens is 1. The van der Waals surface area contributed by atoms with Gasteiger partial charge in [-0.25, -0.2) is 4.98 Å². The second kappa shape index (κ2) is 5.58. The van der Waals surface area contributed by atoms with Crippen LogP contribution in [0.1, 0.15) is 6.92 Å². The number of nitrogens with zero attached hydrogens (tertiary/aromatic N) is 1. The summed E-state index contributed by atoms with van der Waals surface area (Å²) in [5.74, 6) is 0.351. The molecule has 0 spiro atoms. The Bertz CT molecular complexity index is 316. The third-order valence-corrected chi connectivity index (χ3v) is 4.12. The van der Waals surface area contributed by atoms with E-state index in [0.29, 0.717) is 10.9 Å². The molecule has 1 aromatic heterocycles. The van der Waals surface area contributed by atoms with Crippen LogP contribution in [-0.2, 0) is 9.53 Å². The van der Waals surface area contributed by atoms with E-state index in [2.05, 4.69) is 9.72 Å². The van der Waals surface area contributed by atoms with Crippen LogP contribution in [0.2, 0.25) is 5.15 Å². The quantitative estimate of drug-likeness (QED) is 0.609. The zero-order valence-corrected chi connectivity index (χ0v) is 10.2. The third kappa shape index (κ3) is 3.48. The number of methoxy groups -OCH3 is 1. The minimum absolute atomic E-state index is 0.118. The molecule has 0 bridgehead atoms. The first-order valence-electron chi connectivity index (χ1n) is 3.95. The highest BCUT2D eigenvalue weighted by Gasteiger charge is 2.14. The first-order valence-corrected chi connectivity index (χ1v) is 6.19. The Morgan fingerprint density at radius 3 is 3.07 bits per heavy atom. The SMILES string of the molecule is COC(=O)C(C)CSc1nc(Cl)cs1. The summed E-state index contributed by atoms with van der Waals surface area (Å²) < 4.78 is 5.49.